The van der Waals surface area contributed by atoms with Crippen LogP contribution in [0.1, 0.15) is 24.0 Å². The summed E-state index contributed by atoms with van der Waals surface area (Å²) >= 11 is 12.1. The first-order valence-corrected chi connectivity index (χ1v) is 11.8. The molecule has 3 atom stereocenters. The quantitative estimate of drug-likeness (QED) is 0.494. The van der Waals surface area contributed by atoms with Crippen molar-refractivity contribution in [3.8, 4) is 5.75 Å². The summed E-state index contributed by atoms with van der Waals surface area (Å²) in [6.07, 6.45) is 0. The largest absolute Gasteiger partial charge is 0.489 e. The van der Waals surface area contributed by atoms with Crippen LogP contribution in [0, 0.1) is 5.92 Å². The molecular weight excluding hydrogens is 441 g/mol. The fraction of sp³-hybridized carbons (Fsp3) is 0.217. The normalized spacial score (nSPS) is 20.7. The van der Waals surface area contributed by atoms with Crippen LogP contribution in [-0.2, 0) is 16.6 Å². The summed E-state index contributed by atoms with van der Waals surface area (Å²) in [7, 11) is -3.61. The summed E-state index contributed by atoms with van der Waals surface area (Å²) in [5, 5.41) is 1.09. The number of ether oxygens (including phenoxy) is 1. The smallest absolute Gasteiger partial charge is 0.240 e. The molecule has 0 bridgehead atoms. The highest BCUT2D eigenvalue weighted by Crippen LogP contribution is 2.47. The number of rotatable bonds is 7. The Kier molecular flexibility index (Phi) is 6.07. The van der Waals surface area contributed by atoms with E-state index < -0.39 is 10.0 Å². The zero-order valence-corrected chi connectivity index (χ0v) is 18.6. The third kappa shape index (κ3) is 4.65. The molecule has 0 radical (unpaired) electrons. The SMILES string of the molecule is C[C@H]1[C@H](NS(=O)(=O)c2ccc(OCc3ccc(Cl)cc3Cl)cc2)[C@H]1c1ccccc1. The van der Waals surface area contributed by atoms with E-state index in [-0.39, 0.29) is 29.4 Å². The van der Waals surface area contributed by atoms with Crippen molar-refractivity contribution in [3.05, 3.63) is 94.0 Å². The molecule has 0 heterocycles. The van der Waals surface area contributed by atoms with Crippen molar-refractivity contribution >= 4 is 33.2 Å². The highest BCUT2D eigenvalue weighted by Gasteiger charge is 2.49. The molecule has 1 N–H and O–H groups in total. The van der Waals surface area contributed by atoms with Crippen LogP contribution in [0.4, 0.5) is 0 Å². The lowest BCUT2D eigenvalue weighted by Gasteiger charge is -2.10. The van der Waals surface area contributed by atoms with Gasteiger partial charge in [-0.05, 0) is 47.9 Å². The third-order valence-electron chi connectivity index (χ3n) is 5.40. The van der Waals surface area contributed by atoms with Gasteiger partial charge >= 0.3 is 0 Å². The number of hydrogen-bond acceptors (Lipinski definition) is 3. The van der Waals surface area contributed by atoms with Crippen LogP contribution in [0.15, 0.2) is 77.7 Å². The van der Waals surface area contributed by atoms with Crippen LogP contribution in [0.2, 0.25) is 10.0 Å². The second-order valence-corrected chi connectivity index (χ2v) is 10.00. The minimum atomic E-state index is -3.61. The van der Waals surface area contributed by atoms with E-state index in [4.69, 9.17) is 27.9 Å². The Morgan fingerprint density at radius 3 is 2.33 bits per heavy atom. The first kappa shape index (κ1) is 21.2. The number of sulfonamides is 1. The fourth-order valence-electron chi connectivity index (χ4n) is 3.59. The number of benzene rings is 3. The summed E-state index contributed by atoms with van der Waals surface area (Å²) < 4.78 is 34.1. The van der Waals surface area contributed by atoms with Gasteiger partial charge in [0.05, 0.1) is 4.90 Å². The van der Waals surface area contributed by atoms with Crippen LogP contribution in [-0.4, -0.2) is 14.5 Å². The van der Waals surface area contributed by atoms with Gasteiger partial charge in [0, 0.05) is 27.6 Å². The van der Waals surface area contributed by atoms with E-state index in [2.05, 4.69) is 11.6 Å². The van der Waals surface area contributed by atoms with E-state index >= 15 is 0 Å². The molecular formula is C23H21Cl2NO3S. The summed E-state index contributed by atoms with van der Waals surface area (Å²) in [5.41, 5.74) is 1.96. The molecule has 1 aliphatic rings. The van der Waals surface area contributed by atoms with Gasteiger partial charge < -0.3 is 4.74 Å². The highest BCUT2D eigenvalue weighted by atomic mass is 35.5. The molecule has 30 heavy (non-hydrogen) atoms. The van der Waals surface area contributed by atoms with Crippen molar-refractivity contribution in [2.75, 3.05) is 0 Å². The van der Waals surface area contributed by atoms with Gasteiger partial charge in [-0.2, -0.15) is 0 Å². The number of nitrogens with one attached hydrogen (secondary N) is 1. The van der Waals surface area contributed by atoms with E-state index in [0.29, 0.717) is 15.8 Å². The molecule has 0 amide bonds. The van der Waals surface area contributed by atoms with Crippen molar-refractivity contribution in [2.24, 2.45) is 5.92 Å². The van der Waals surface area contributed by atoms with Gasteiger partial charge in [0.2, 0.25) is 10.0 Å². The third-order valence-corrected chi connectivity index (χ3v) is 7.46. The number of hydrogen-bond donors (Lipinski definition) is 1. The average molecular weight is 462 g/mol. The number of halogens is 2. The summed E-state index contributed by atoms with van der Waals surface area (Å²) in [6, 6.07) is 21.5. The lowest BCUT2D eigenvalue weighted by atomic mass is 10.1. The van der Waals surface area contributed by atoms with Crippen molar-refractivity contribution in [1.82, 2.24) is 4.72 Å². The molecule has 1 fully saturated rings. The molecule has 0 spiro atoms. The summed E-state index contributed by atoms with van der Waals surface area (Å²) in [5.74, 6) is 1.02. The van der Waals surface area contributed by atoms with Crippen LogP contribution in [0.25, 0.3) is 0 Å². The summed E-state index contributed by atoms with van der Waals surface area (Å²) in [4.78, 5) is 0.213. The Hall–Kier alpha value is -2.05. The van der Waals surface area contributed by atoms with Gasteiger partial charge in [-0.3, -0.25) is 0 Å². The standard InChI is InChI=1S/C23H21Cl2NO3S/c1-15-22(16-5-3-2-4-6-16)23(15)26-30(27,28)20-11-9-19(10-12-20)29-14-17-7-8-18(24)13-21(17)25/h2-13,15,22-23,26H,14H2,1H3/t15-,22-,23+/m1/s1. The zero-order chi connectivity index (χ0) is 21.3. The van der Waals surface area contributed by atoms with Gasteiger partial charge in [0.25, 0.3) is 0 Å². The molecule has 1 aliphatic carbocycles. The Bertz CT molecular complexity index is 1130. The van der Waals surface area contributed by atoms with E-state index in [0.717, 1.165) is 11.1 Å². The zero-order valence-electron chi connectivity index (χ0n) is 16.3. The van der Waals surface area contributed by atoms with Crippen molar-refractivity contribution in [1.29, 1.82) is 0 Å². The second-order valence-electron chi connectivity index (χ2n) is 7.44. The molecule has 4 rings (SSSR count). The first-order valence-electron chi connectivity index (χ1n) is 9.59. The Morgan fingerprint density at radius 1 is 0.967 bits per heavy atom. The summed E-state index contributed by atoms with van der Waals surface area (Å²) in [6.45, 7) is 2.32. The Morgan fingerprint density at radius 2 is 1.67 bits per heavy atom. The fourth-order valence-corrected chi connectivity index (χ4v) is 5.40. The molecule has 3 aromatic rings. The van der Waals surface area contributed by atoms with Crippen LogP contribution in [0.5, 0.6) is 5.75 Å². The van der Waals surface area contributed by atoms with Gasteiger partial charge in [-0.25, -0.2) is 13.1 Å². The minimum Gasteiger partial charge on any atom is -0.489 e. The molecule has 0 saturated heterocycles. The van der Waals surface area contributed by atoms with Crippen LogP contribution >= 0.6 is 23.2 Å². The minimum absolute atomic E-state index is 0.0969. The molecule has 0 aliphatic heterocycles. The lowest BCUT2D eigenvalue weighted by molar-refractivity contribution is 0.306. The molecule has 7 heteroatoms. The molecule has 156 valence electrons. The lowest BCUT2D eigenvalue weighted by Crippen LogP contribution is -2.27. The average Bonchev–Trinajstić information content (AvgIpc) is 3.36. The van der Waals surface area contributed by atoms with E-state index in [9.17, 15) is 8.42 Å². The van der Waals surface area contributed by atoms with Crippen molar-refractivity contribution in [3.63, 3.8) is 0 Å². The topological polar surface area (TPSA) is 55.4 Å². The Balaban J connectivity index is 1.39. The van der Waals surface area contributed by atoms with Crippen molar-refractivity contribution < 1.29 is 13.2 Å². The van der Waals surface area contributed by atoms with Gasteiger partial charge in [0.15, 0.2) is 0 Å². The molecule has 0 aromatic heterocycles. The first-order chi connectivity index (χ1) is 14.3. The van der Waals surface area contributed by atoms with Crippen molar-refractivity contribution in [2.45, 2.75) is 30.4 Å². The Labute approximate surface area is 186 Å². The van der Waals surface area contributed by atoms with E-state index in [1.165, 1.54) is 0 Å². The van der Waals surface area contributed by atoms with E-state index in [1.54, 1.807) is 42.5 Å². The maximum Gasteiger partial charge on any atom is 0.240 e. The molecule has 3 aromatic carbocycles. The second kappa shape index (κ2) is 8.60. The van der Waals surface area contributed by atoms with Gasteiger partial charge in [-0.15, -0.1) is 0 Å². The van der Waals surface area contributed by atoms with Crippen LogP contribution < -0.4 is 9.46 Å². The van der Waals surface area contributed by atoms with Gasteiger partial charge in [-0.1, -0.05) is 66.5 Å². The monoisotopic (exact) mass is 461 g/mol. The van der Waals surface area contributed by atoms with Gasteiger partial charge in [0.1, 0.15) is 12.4 Å². The predicted octanol–water partition coefficient (Wildman–Crippen LogP) is 5.65. The van der Waals surface area contributed by atoms with E-state index in [1.807, 2.05) is 30.3 Å². The molecule has 0 unspecified atom stereocenters. The molecule has 1 saturated carbocycles. The maximum absolute atomic E-state index is 12.8. The highest BCUT2D eigenvalue weighted by molar-refractivity contribution is 7.89. The molecule has 4 nitrogen and oxygen atoms in total. The predicted molar refractivity (Wildman–Crippen MR) is 120 cm³/mol. The maximum atomic E-state index is 12.8. The van der Waals surface area contributed by atoms with Crippen LogP contribution in [0.3, 0.4) is 0 Å².